The van der Waals surface area contributed by atoms with E-state index in [4.69, 9.17) is 11.6 Å². The molecule has 1 aromatic carbocycles. The van der Waals surface area contributed by atoms with E-state index >= 15 is 0 Å². The van der Waals surface area contributed by atoms with Gasteiger partial charge in [-0.15, -0.1) is 6.58 Å². The molecule has 98 valence electrons. The second-order valence-corrected chi connectivity index (χ2v) is 3.96. The average molecular weight is 278 g/mol. The number of nitrogens with one attached hydrogen (secondary N) is 2. The molecule has 0 saturated carbocycles. The highest BCUT2D eigenvalue weighted by atomic mass is 35.5. The fourth-order valence-corrected chi connectivity index (χ4v) is 1.61. The zero-order chi connectivity index (χ0) is 13.7. The van der Waals surface area contributed by atoms with Gasteiger partial charge in [0, 0.05) is 12.1 Å². The van der Waals surface area contributed by atoms with Crippen molar-refractivity contribution in [2.24, 2.45) is 0 Å². The molecule has 1 aromatic heterocycles. The molecule has 2 rings (SSSR count). The number of aromatic hydroxyl groups is 1. The van der Waals surface area contributed by atoms with E-state index in [9.17, 15) is 5.11 Å². The lowest BCUT2D eigenvalue weighted by Crippen LogP contribution is -2.23. The van der Waals surface area contributed by atoms with E-state index in [1.165, 1.54) is 0 Å². The summed E-state index contributed by atoms with van der Waals surface area (Å²) >= 11 is 6.06. The van der Waals surface area contributed by atoms with Gasteiger partial charge in [-0.2, -0.15) is 15.0 Å². The number of halogens is 1. The molecule has 0 atom stereocenters. The quantitative estimate of drug-likeness (QED) is 0.440. The predicted molar refractivity (Wildman–Crippen MR) is 73.8 cm³/mol. The van der Waals surface area contributed by atoms with Crippen molar-refractivity contribution in [1.29, 1.82) is 0 Å². The Morgan fingerprint density at radius 1 is 1.26 bits per heavy atom. The molecule has 0 radical (unpaired) electrons. The van der Waals surface area contributed by atoms with Crippen molar-refractivity contribution in [2.75, 3.05) is 12.0 Å². The minimum absolute atomic E-state index is 0.198. The van der Waals surface area contributed by atoms with Crippen LogP contribution < -0.4 is 10.9 Å². The van der Waals surface area contributed by atoms with E-state index in [2.05, 4.69) is 32.4 Å². The third-order valence-electron chi connectivity index (χ3n) is 2.18. The van der Waals surface area contributed by atoms with E-state index in [0.717, 1.165) is 0 Å². The molecule has 19 heavy (non-hydrogen) atoms. The lowest BCUT2D eigenvalue weighted by molar-refractivity contribution is 0.429. The molecule has 0 saturated heterocycles. The zero-order valence-electron chi connectivity index (χ0n) is 9.97. The smallest absolute Gasteiger partial charge is 0.319 e. The highest BCUT2D eigenvalue weighted by molar-refractivity contribution is 6.33. The first-order chi connectivity index (χ1) is 9.20. The molecular weight excluding hydrogens is 266 g/mol. The van der Waals surface area contributed by atoms with E-state index in [1.54, 1.807) is 24.3 Å². The Kier molecular flexibility index (Phi) is 4.27. The number of anilines is 1. The number of benzene rings is 1. The van der Waals surface area contributed by atoms with Crippen molar-refractivity contribution in [3.8, 4) is 17.4 Å². The molecule has 3 N–H and O–H groups in total. The van der Waals surface area contributed by atoms with Gasteiger partial charge in [0.2, 0.25) is 5.95 Å². The largest absolute Gasteiger partial charge is 0.479 e. The average Bonchev–Trinajstić information content (AvgIpc) is 2.39. The number of hydrogen-bond acceptors (Lipinski definition) is 6. The van der Waals surface area contributed by atoms with E-state index < -0.39 is 0 Å². The zero-order valence-corrected chi connectivity index (χ0v) is 10.7. The molecule has 0 aliphatic carbocycles. The summed E-state index contributed by atoms with van der Waals surface area (Å²) in [6, 6.07) is 6.72. The molecule has 0 unspecified atom stereocenters. The Hall–Kier alpha value is -2.18. The Labute approximate surface area is 115 Å². The molecule has 0 bridgehead atoms. The fourth-order valence-electron chi connectivity index (χ4n) is 1.39. The van der Waals surface area contributed by atoms with Gasteiger partial charge in [-0.05, 0) is 12.1 Å². The lowest BCUT2D eigenvalue weighted by Gasteiger charge is -2.07. The minimum atomic E-state index is -0.382. The summed E-state index contributed by atoms with van der Waals surface area (Å²) in [7, 11) is 0. The van der Waals surface area contributed by atoms with Crippen molar-refractivity contribution in [3.63, 3.8) is 0 Å². The highest BCUT2D eigenvalue weighted by Gasteiger charge is 2.10. The van der Waals surface area contributed by atoms with Crippen molar-refractivity contribution >= 4 is 17.5 Å². The van der Waals surface area contributed by atoms with Crippen LogP contribution in [0.25, 0.3) is 11.4 Å². The van der Waals surface area contributed by atoms with Crippen LogP contribution in [0.4, 0.5) is 5.95 Å². The van der Waals surface area contributed by atoms with Gasteiger partial charge in [0.05, 0.1) is 5.02 Å². The predicted octanol–water partition coefficient (Wildman–Crippen LogP) is 2.00. The summed E-state index contributed by atoms with van der Waals surface area (Å²) in [4.78, 5) is 11.8. The Balaban J connectivity index is 2.31. The van der Waals surface area contributed by atoms with Crippen molar-refractivity contribution < 1.29 is 5.11 Å². The lowest BCUT2D eigenvalue weighted by atomic mass is 10.2. The second kappa shape index (κ2) is 6.12. The second-order valence-electron chi connectivity index (χ2n) is 3.56. The number of aromatic nitrogens is 3. The monoisotopic (exact) mass is 277 g/mol. The number of rotatable bonds is 5. The van der Waals surface area contributed by atoms with Gasteiger partial charge in [0.1, 0.15) is 0 Å². The third kappa shape index (κ3) is 3.40. The van der Waals surface area contributed by atoms with Crippen LogP contribution in [0.3, 0.4) is 0 Å². The van der Waals surface area contributed by atoms with Crippen molar-refractivity contribution in [3.05, 3.63) is 41.9 Å². The van der Waals surface area contributed by atoms with Crippen LogP contribution in [-0.4, -0.2) is 26.6 Å². The van der Waals surface area contributed by atoms with Gasteiger partial charge >= 0.3 is 6.01 Å². The van der Waals surface area contributed by atoms with Crippen LogP contribution >= 0.6 is 11.6 Å². The van der Waals surface area contributed by atoms with Crippen LogP contribution in [-0.2, 0) is 0 Å². The standard InChI is InChI=1S/C12H12ClN5O/c1-2-7-14-18-11-15-10(16-12(19)17-11)8-5-3-4-6-9(8)13/h2-6,14H,1,7H2,(H2,15,16,17,18,19). The number of nitrogens with zero attached hydrogens (tertiary/aromatic N) is 3. The van der Waals surface area contributed by atoms with E-state index in [1.807, 2.05) is 6.07 Å². The molecule has 0 spiro atoms. The van der Waals surface area contributed by atoms with Gasteiger partial charge in [0.15, 0.2) is 5.82 Å². The van der Waals surface area contributed by atoms with E-state index in [-0.39, 0.29) is 12.0 Å². The molecular formula is C12H12ClN5O. The molecule has 0 fully saturated rings. The molecule has 0 aliphatic rings. The first-order valence-corrected chi connectivity index (χ1v) is 5.88. The van der Waals surface area contributed by atoms with Crippen molar-refractivity contribution in [2.45, 2.75) is 0 Å². The molecule has 0 aliphatic heterocycles. The maximum absolute atomic E-state index is 9.51. The van der Waals surface area contributed by atoms with Crippen LogP contribution in [0.5, 0.6) is 6.01 Å². The van der Waals surface area contributed by atoms with Gasteiger partial charge in [-0.25, -0.2) is 5.43 Å². The van der Waals surface area contributed by atoms with Gasteiger partial charge < -0.3 is 5.11 Å². The fraction of sp³-hybridized carbons (Fsp3) is 0.0833. The van der Waals surface area contributed by atoms with Crippen LogP contribution in [0, 0.1) is 0 Å². The Morgan fingerprint density at radius 2 is 2.05 bits per heavy atom. The van der Waals surface area contributed by atoms with Gasteiger partial charge in [-0.3, -0.25) is 5.43 Å². The Bertz CT molecular complexity index is 590. The summed E-state index contributed by atoms with van der Waals surface area (Å²) in [5, 5.41) is 10.0. The summed E-state index contributed by atoms with van der Waals surface area (Å²) in [6.07, 6.45) is 1.67. The maximum Gasteiger partial charge on any atom is 0.319 e. The molecule has 2 aromatic rings. The Morgan fingerprint density at radius 3 is 2.79 bits per heavy atom. The molecule has 1 heterocycles. The summed E-state index contributed by atoms with van der Waals surface area (Å²) in [5.74, 6) is 0.491. The normalized spacial score (nSPS) is 10.2. The van der Waals surface area contributed by atoms with Gasteiger partial charge in [-0.1, -0.05) is 29.8 Å². The highest BCUT2D eigenvalue weighted by Crippen LogP contribution is 2.25. The van der Waals surface area contributed by atoms with E-state index in [0.29, 0.717) is 23.0 Å². The summed E-state index contributed by atoms with van der Waals surface area (Å²) in [5.41, 5.74) is 6.16. The van der Waals surface area contributed by atoms with Crippen LogP contribution in [0.2, 0.25) is 5.02 Å². The summed E-state index contributed by atoms with van der Waals surface area (Å²) < 4.78 is 0. The topological polar surface area (TPSA) is 83.0 Å². The first kappa shape index (κ1) is 13.3. The molecule has 7 heteroatoms. The molecule has 6 nitrogen and oxygen atoms in total. The van der Waals surface area contributed by atoms with Gasteiger partial charge in [0.25, 0.3) is 0 Å². The third-order valence-corrected chi connectivity index (χ3v) is 2.51. The van der Waals surface area contributed by atoms with Crippen molar-refractivity contribution in [1.82, 2.24) is 20.4 Å². The number of hydrogen-bond donors (Lipinski definition) is 3. The SMILES string of the molecule is C=CCNNc1nc(O)nc(-c2ccccc2Cl)n1. The molecule has 0 amide bonds. The maximum atomic E-state index is 9.51. The minimum Gasteiger partial charge on any atom is -0.479 e. The van der Waals surface area contributed by atoms with Crippen LogP contribution in [0.1, 0.15) is 0 Å². The number of hydrazine groups is 1. The first-order valence-electron chi connectivity index (χ1n) is 5.50. The summed E-state index contributed by atoms with van der Waals surface area (Å²) in [6.45, 7) is 4.09. The van der Waals surface area contributed by atoms with Crippen LogP contribution in [0.15, 0.2) is 36.9 Å².